The lowest BCUT2D eigenvalue weighted by Crippen LogP contribution is -2.40. The van der Waals surface area contributed by atoms with Crippen molar-refractivity contribution < 1.29 is 4.79 Å². The zero-order valence-electron chi connectivity index (χ0n) is 6.19. The fraction of sp³-hybridized carbons (Fsp3) is 0.833. The summed E-state index contributed by atoms with van der Waals surface area (Å²) in [6.07, 6.45) is 0.802. The molecule has 54 valence electrons. The molecule has 9 heavy (non-hydrogen) atoms. The summed E-state index contributed by atoms with van der Waals surface area (Å²) >= 11 is 0. The summed E-state index contributed by atoms with van der Waals surface area (Å²) < 4.78 is 0. The van der Waals surface area contributed by atoms with Crippen LogP contribution in [0.3, 0.4) is 0 Å². The van der Waals surface area contributed by atoms with Gasteiger partial charge in [-0.25, -0.2) is 5.84 Å². The van der Waals surface area contributed by atoms with Gasteiger partial charge in [0.05, 0.1) is 0 Å². The fourth-order valence-corrected chi connectivity index (χ4v) is 0.356. The second-order valence-corrected chi connectivity index (χ2v) is 2.71. The molecule has 0 aromatic rings. The molecule has 0 saturated heterocycles. The van der Waals surface area contributed by atoms with Crippen LogP contribution in [-0.2, 0) is 4.79 Å². The molecule has 0 radical (unpaired) electrons. The highest BCUT2D eigenvalue weighted by atomic mass is 16.2. The maximum absolute atomic E-state index is 10.8. The number of hydrogen-bond acceptors (Lipinski definition) is 2. The molecule has 0 spiro atoms. The molecule has 0 aliphatic carbocycles. The van der Waals surface area contributed by atoms with Crippen LogP contribution < -0.4 is 11.3 Å². The number of nitrogens with two attached hydrogens (primary N) is 1. The van der Waals surface area contributed by atoms with Gasteiger partial charge in [-0.1, -0.05) is 20.8 Å². The average Bonchev–Trinajstić information content (AvgIpc) is 1.86. The summed E-state index contributed by atoms with van der Waals surface area (Å²) in [6, 6.07) is 0. The molecule has 3 nitrogen and oxygen atoms in total. The maximum Gasteiger partial charge on any atom is 0.239 e. The summed E-state index contributed by atoms with van der Waals surface area (Å²) in [5.74, 6) is 4.83. The largest absolute Gasteiger partial charge is 0.294 e. The molecule has 0 aliphatic heterocycles. The average molecular weight is 130 g/mol. The molecule has 0 aromatic carbocycles. The van der Waals surface area contributed by atoms with Crippen molar-refractivity contribution in [3.8, 4) is 0 Å². The SMILES string of the molecule is CCC(C)(C)C(=O)NN. The Hall–Kier alpha value is -0.570. The molecule has 1 amide bonds. The molecule has 0 aromatic heterocycles. The van der Waals surface area contributed by atoms with Gasteiger partial charge in [0, 0.05) is 5.41 Å². The molecule has 0 rings (SSSR count). The molecule has 0 heterocycles. The molecule has 0 bridgehead atoms. The Balaban J connectivity index is 3.97. The number of hydrazine groups is 1. The van der Waals surface area contributed by atoms with Crippen LogP contribution in [0.4, 0.5) is 0 Å². The van der Waals surface area contributed by atoms with Gasteiger partial charge in [-0.15, -0.1) is 0 Å². The lowest BCUT2D eigenvalue weighted by atomic mass is 9.90. The number of hydrogen-bond donors (Lipinski definition) is 2. The van der Waals surface area contributed by atoms with E-state index >= 15 is 0 Å². The minimum atomic E-state index is -0.325. The smallest absolute Gasteiger partial charge is 0.239 e. The summed E-state index contributed by atoms with van der Waals surface area (Å²) in [4.78, 5) is 10.8. The minimum absolute atomic E-state index is 0.106. The van der Waals surface area contributed by atoms with Crippen molar-refractivity contribution in [3.63, 3.8) is 0 Å². The van der Waals surface area contributed by atoms with Gasteiger partial charge in [-0.05, 0) is 6.42 Å². The molecular weight excluding hydrogens is 116 g/mol. The van der Waals surface area contributed by atoms with Crippen LogP contribution in [-0.4, -0.2) is 5.91 Å². The standard InChI is InChI=1S/C6H14N2O/c1-4-6(2,3)5(9)8-7/h4,7H2,1-3H3,(H,8,9). The first-order chi connectivity index (χ1) is 4.04. The van der Waals surface area contributed by atoms with E-state index in [1.54, 1.807) is 0 Å². The van der Waals surface area contributed by atoms with E-state index in [1.165, 1.54) is 0 Å². The highest BCUT2D eigenvalue weighted by molar-refractivity contribution is 5.80. The van der Waals surface area contributed by atoms with Crippen LogP contribution >= 0.6 is 0 Å². The Labute approximate surface area is 55.6 Å². The monoisotopic (exact) mass is 130 g/mol. The molecule has 0 aliphatic rings. The molecule has 0 saturated carbocycles. The Morgan fingerprint density at radius 3 is 2.22 bits per heavy atom. The van der Waals surface area contributed by atoms with Gasteiger partial charge in [0.1, 0.15) is 0 Å². The van der Waals surface area contributed by atoms with Gasteiger partial charge >= 0.3 is 0 Å². The van der Waals surface area contributed by atoms with Gasteiger partial charge in [-0.2, -0.15) is 0 Å². The quantitative estimate of drug-likeness (QED) is 0.323. The Morgan fingerprint density at radius 2 is 2.11 bits per heavy atom. The number of amides is 1. The third-order valence-electron chi connectivity index (χ3n) is 1.63. The number of nitrogens with one attached hydrogen (secondary N) is 1. The van der Waals surface area contributed by atoms with Crippen molar-refractivity contribution in [2.75, 3.05) is 0 Å². The number of carbonyl (C=O) groups is 1. The van der Waals surface area contributed by atoms with Gasteiger partial charge < -0.3 is 0 Å². The van der Waals surface area contributed by atoms with Crippen LogP contribution in [0.15, 0.2) is 0 Å². The summed E-state index contributed by atoms with van der Waals surface area (Å²) in [5.41, 5.74) is 1.79. The minimum Gasteiger partial charge on any atom is -0.294 e. The Kier molecular flexibility index (Phi) is 2.65. The van der Waals surface area contributed by atoms with E-state index in [9.17, 15) is 4.79 Å². The predicted octanol–water partition coefficient (Wildman–Crippen LogP) is 0.413. The summed E-state index contributed by atoms with van der Waals surface area (Å²) in [7, 11) is 0. The van der Waals surface area contributed by atoms with Crippen LogP contribution in [0.2, 0.25) is 0 Å². The van der Waals surface area contributed by atoms with Crippen molar-refractivity contribution in [3.05, 3.63) is 0 Å². The highest BCUT2D eigenvalue weighted by Crippen LogP contribution is 2.18. The second-order valence-electron chi connectivity index (χ2n) is 2.71. The van der Waals surface area contributed by atoms with E-state index in [2.05, 4.69) is 5.43 Å². The fourth-order valence-electron chi connectivity index (χ4n) is 0.356. The molecular formula is C6H14N2O. The van der Waals surface area contributed by atoms with Crippen molar-refractivity contribution in [2.45, 2.75) is 27.2 Å². The van der Waals surface area contributed by atoms with Gasteiger partial charge in [-0.3, -0.25) is 10.2 Å². The summed E-state index contributed by atoms with van der Waals surface area (Å²) in [5, 5.41) is 0. The van der Waals surface area contributed by atoms with E-state index in [1.807, 2.05) is 20.8 Å². The Bertz CT molecular complexity index is 110. The lowest BCUT2D eigenvalue weighted by molar-refractivity contribution is -0.129. The first-order valence-electron chi connectivity index (χ1n) is 3.05. The van der Waals surface area contributed by atoms with Crippen LogP contribution in [0.5, 0.6) is 0 Å². The number of rotatable bonds is 2. The van der Waals surface area contributed by atoms with Gasteiger partial charge in [0.25, 0.3) is 0 Å². The van der Waals surface area contributed by atoms with E-state index in [0.717, 1.165) is 6.42 Å². The van der Waals surface area contributed by atoms with E-state index in [0.29, 0.717) is 0 Å². The zero-order chi connectivity index (χ0) is 7.49. The molecule has 3 N–H and O–H groups in total. The predicted molar refractivity (Wildman–Crippen MR) is 36.4 cm³/mol. The molecule has 0 fully saturated rings. The maximum atomic E-state index is 10.8. The Morgan fingerprint density at radius 1 is 1.67 bits per heavy atom. The topological polar surface area (TPSA) is 55.1 Å². The second kappa shape index (κ2) is 2.82. The van der Waals surface area contributed by atoms with Crippen LogP contribution in [0.25, 0.3) is 0 Å². The lowest BCUT2D eigenvalue weighted by Gasteiger charge is -2.18. The third-order valence-corrected chi connectivity index (χ3v) is 1.63. The van der Waals surface area contributed by atoms with Crippen LogP contribution in [0.1, 0.15) is 27.2 Å². The van der Waals surface area contributed by atoms with E-state index < -0.39 is 0 Å². The molecule has 3 heteroatoms. The van der Waals surface area contributed by atoms with Crippen molar-refractivity contribution in [1.29, 1.82) is 0 Å². The van der Waals surface area contributed by atoms with Gasteiger partial charge in [0.15, 0.2) is 0 Å². The first kappa shape index (κ1) is 8.43. The first-order valence-corrected chi connectivity index (χ1v) is 3.05. The summed E-state index contributed by atoms with van der Waals surface area (Å²) in [6.45, 7) is 5.67. The molecule has 0 unspecified atom stereocenters. The van der Waals surface area contributed by atoms with E-state index in [4.69, 9.17) is 5.84 Å². The normalized spacial score (nSPS) is 11.1. The highest BCUT2D eigenvalue weighted by Gasteiger charge is 2.23. The third kappa shape index (κ3) is 2.01. The zero-order valence-corrected chi connectivity index (χ0v) is 6.19. The van der Waals surface area contributed by atoms with Gasteiger partial charge in [0.2, 0.25) is 5.91 Å². The van der Waals surface area contributed by atoms with Crippen LogP contribution in [0, 0.1) is 5.41 Å². The number of carbonyl (C=O) groups excluding carboxylic acids is 1. The van der Waals surface area contributed by atoms with E-state index in [-0.39, 0.29) is 11.3 Å². The molecule has 0 atom stereocenters. The van der Waals surface area contributed by atoms with Crippen molar-refractivity contribution in [1.82, 2.24) is 5.43 Å². The van der Waals surface area contributed by atoms with Crippen molar-refractivity contribution >= 4 is 5.91 Å². The van der Waals surface area contributed by atoms with Crippen molar-refractivity contribution in [2.24, 2.45) is 11.3 Å².